The zero-order valence-corrected chi connectivity index (χ0v) is 9.15. The number of quaternary nitrogens is 1. The van der Waals surface area contributed by atoms with E-state index < -0.39 is 0 Å². The van der Waals surface area contributed by atoms with Crippen molar-refractivity contribution in [2.24, 2.45) is 0 Å². The van der Waals surface area contributed by atoms with E-state index in [0.717, 1.165) is 37.0 Å². The van der Waals surface area contributed by atoms with Crippen molar-refractivity contribution >= 4 is 11.0 Å². The Balaban J connectivity index is 2.14. The lowest BCUT2D eigenvalue weighted by Crippen LogP contribution is -2.86. The monoisotopic (exact) mass is 218 g/mol. The van der Waals surface area contributed by atoms with Gasteiger partial charge in [0.2, 0.25) is 0 Å². The maximum absolute atomic E-state index is 11.9. The molecule has 0 spiro atoms. The summed E-state index contributed by atoms with van der Waals surface area (Å²) in [5, 5.41) is 2.32. The van der Waals surface area contributed by atoms with Crippen molar-refractivity contribution in [1.82, 2.24) is 9.55 Å². The highest BCUT2D eigenvalue weighted by Crippen LogP contribution is 2.20. The van der Waals surface area contributed by atoms with E-state index in [1.54, 1.807) is 0 Å². The van der Waals surface area contributed by atoms with Gasteiger partial charge in [-0.15, -0.1) is 0 Å². The average Bonchev–Trinajstić information content (AvgIpc) is 2.66. The van der Waals surface area contributed by atoms with Crippen LogP contribution in [0, 0.1) is 0 Å². The fourth-order valence-electron chi connectivity index (χ4n) is 2.60. The Hall–Kier alpha value is -1.55. The molecular weight excluding hydrogens is 202 g/mol. The van der Waals surface area contributed by atoms with Crippen molar-refractivity contribution < 1.29 is 5.32 Å². The normalized spacial score (nSPS) is 18.0. The molecule has 2 heterocycles. The maximum atomic E-state index is 11.9. The van der Waals surface area contributed by atoms with E-state index >= 15 is 0 Å². The number of hydrogen-bond acceptors (Lipinski definition) is 1. The zero-order valence-electron chi connectivity index (χ0n) is 9.15. The van der Waals surface area contributed by atoms with Gasteiger partial charge in [0.15, 0.2) is 0 Å². The van der Waals surface area contributed by atoms with Crippen LogP contribution in [-0.4, -0.2) is 22.6 Å². The number of hydrogen-bond donors (Lipinski definition) is 2. The van der Waals surface area contributed by atoms with Gasteiger partial charge in [-0.3, -0.25) is 4.57 Å². The summed E-state index contributed by atoms with van der Waals surface area (Å²) in [4.78, 5) is 14.9. The molecule has 16 heavy (non-hydrogen) atoms. The third-order valence-electron chi connectivity index (χ3n) is 3.40. The second kappa shape index (κ2) is 3.79. The maximum Gasteiger partial charge on any atom is 0.326 e. The molecule has 1 aliphatic heterocycles. The number of para-hydroxylation sites is 2. The summed E-state index contributed by atoms with van der Waals surface area (Å²) in [5.74, 6) is 0. The molecule has 1 saturated heterocycles. The number of rotatable bonds is 1. The van der Waals surface area contributed by atoms with Crippen molar-refractivity contribution in [3.63, 3.8) is 0 Å². The van der Waals surface area contributed by atoms with Gasteiger partial charge in [0.05, 0.1) is 24.1 Å². The minimum Gasteiger partial charge on any atom is -0.346 e. The highest BCUT2D eigenvalue weighted by Gasteiger charge is 2.20. The first-order chi connectivity index (χ1) is 7.86. The number of benzene rings is 1. The number of nitrogens with two attached hydrogens (primary N) is 1. The smallest absolute Gasteiger partial charge is 0.326 e. The molecule has 4 nitrogen and oxygen atoms in total. The molecular formula is C12H16N3O+. The molecule has 1 aliphatic rings. The minimum absolute atomic E-state index is 0.0353. The largest absolute Gasteiger partial charge is 0.346 e. The van der Waals surface area contributed by atoms with Crippen molar-refractivity contribution in [3.05, 3.63) is 34.7 Å². The van der Waals surface area contributed by atoms with Crippen LogP contribution in [0.4, 0.5) is 0 Å². The van der Waals surface area contributed by atoms with Gasteiger partial charge in [-0.05, 0) is 12.1 Å². The molecule has 0 atom stereocenters. The number of nitrogens with zero attached hydrogens (tertiary/aromatic N) is 1. The summed E-state index contributed by atoms with van der Waals surface area (Å²) in [7, 11) is 0. The van der Waals surface area contributed by atoms with Gasteiger partial charge in [0, 0.05) is 18.9 Å². The van der Waals surface area contributed by atoms with Crippen LogP contribution in [0.25, 0.3) is 11.0 Å². The Morgan fingerprint density at radius 3 is 2.81 bits per heavy atom. The van der Waals surface area contributed by atoms with Crippen LogP contribution >= 0.6 is 0 Å². The van der Waals surface area contributed by atoms with E-state index in [0.29, 0.717) is 6.04 Å². The first-order valence-corrected chi connectivity index (χ1v) is 5.87. The fraction of sp³-hybridized carbons (Fsp3) is 0.417. The molecule has 0 bridgehead atoms. The first-order valence-electron chi connectivity index (χ1n) is 5.87. The van der Waals surface area contributed by atoms with E-state index in [4.69, 9.17) is 0 Å². The Labute approximate surface area is 93.3 Å². The molecule has 1 aromatic heterocycles. The van der Waals surface area contributed by atoms with E-state index in [1.165, 1.54) is 0 Å². The lowest BCUT2D eigenvalue weighted by atomic mass is 10.1. The molecule has 0 radical (unpaired) electrons. The Morgan fingerprint density at radius 2 is 2.00 bits per heavy atom. The highest BCUT2D eigenvalue weighted by atomic mass is 16.1. The van der Waals surface area contributed by atoms with E-state index in [2.05, 4.69) is 10.3 Å². The highest BCUT2D eigenvalue weighted by molar-refractivity contribution is 5.75. The molecule has 1 aromatic carbocycles. The van der Waals surface area contributed by atoms with Crippen molar-refractivity contribution in [3.8, 4) is 0 Å². The predicted octanol–water partition coefficient (Wildman–Crippen LogP) is 0.228. The van der Waals surface area contributed by atoms with Crippen LogP contribution in [0.5, 0.6) is 0 Å². The number of piperidine rings is 1. The Morgan fingerprint density at radius 1 is 1.25 bits per heavy atom. The third-order valence-corrected chi connectivity index (χ3v) is 3.40. The summed E-state index contributed by atoms with van der Waals surface area (Å²) in [6.45, 7) is 2.24. The summed E-state index contributed by atoms with van der Waals surface area (Å²) < 4.78 is 1.93. The molecule has 0 unspecified atom stereocenters. The molecule has 84 valence electrons. The minimum atomic E-state index is 0.0353. The van der Waals surface area contributed by atoms with Crippen molar-refractivity contribution in [2.45, 2.75) is 18.9 Å². The van der Waals surface area contributed by atoms with Gasteiger partial charge in [-0.25, -0.2) is 4.79 Å². The lowest BCUT2D eigenvalue weighted by Gasteiger charge is -2.21. The topological polar surface area (TPSA) is 54.4 Å². The Kier molecular flexibility index (Phi) is 2.29. The van der Waals surface area contributed by atoms with Gasteiger partial charge < -0.3 is 10.3 Å². The SMILES string of the molecule is O=c1[nH]c2ccccc2n1C1CC[NH2+]CC1. The van der Waals surface area contributed by atoms with Crippen LogP contribution in [-0.2, 0) is 0 Å². The number of nitrogens with one attached hydrogen (secondary N) is 1. The second-order valence-corrected chi connectivity index (χ2v) is 4.41. The number of aromatic amines is 1. The van der Waals surface area contributed by atoms with Gasteiger partial charge in [0.25, 0.3) is 0 Å². The van der Waals surface area contributed by atoms with Crippen LogP contribution in [0.3, 0.4) is 0 Å². The van der Waals surface area contributed by atoms with E-state index in [-0.39, 0.29) is 5.69 Å². The molecule has 3 N–H and O–H groups in total. The Bertz CT molecular complexity index is 549. The molecule has 3 rings (SSSR count). The molecule has 0 amide bonds. The van der Waals surface area contributed by atoms with Gasteiger partial charge in [0.1, 0.15) is 0 Å². The molecule has 4 heteroatoms. The quantitative estimate of drug-likeness (QED) is 0.707. The standard InChI is InChI=1S/C12H15N3O/c16-12-14-10-3-1-2-4-11(10)15(12)9-5-7-13-8-6-9/h1-4,9,13H,5-8H2,(H,14,16)/p+1. The summed E-state index contributed by atoms with van der Waals surface area (Å²) in [5.41, 5.74) is 2.02. The summed E-state index contributed by atoms with van der Waals surface area (Å²) in [6, 6.07) is 8.29. The van der Waals surface area contributed by atoms with Crippen molar-refractivity contribution in [1.29, 1.82) is 0 Å². The molecule has 0 aliphatic carbocycles. The first kappa shape index (κ1) is 9.66. The van der Waals surface area contributed by atoms with Gasteiger partial charge >= 0.3 is 5.69 Å². The van der Waals surface area contributed by atoms with E-state index in [9.17, 15) is 4.79 Å². The van der Waals surface area contributed by atoms with Gasteiger partial charge in [-0.1, -0.05) is 12.1 Å². The summed E-state index contributed by atoms with van der Waals surface area (Å²) in [6.07, 6.45) is 2.17. The van der Waals surface area contributed by atoms with Crippen LogP contribution < -0.4 is 11.0 Å². The molecule has 1 fully saturated rings. The van der Waals surface area contributed by atoms with Crippen molar-refractivity contribution in [2.75, 3.05) is 13.1 Å². The zero-order chi connectivity index (χ0) is 11.0. The average molecular weight is 218 g/mol. The van der Waals surface area contributed by atoms with Gasteiger partial charge in [-0.2, -0.15) is 0 Å². The van der Waals surface area contributed by atoms with Crippen LogP contribution in [0.2, 0.25) is 0 Å². The predicted molar refractivity (Wildman–Crippen MR) is 62.5 cm³/mol. The second-order valence-electron chi connectivity index (χ2n) is 4.41. The fourth-order valence-corrected chi connectivity index (χ4v) is 2.60. The number of imidazole rings is 1. The third kappa shape index (κ3) is 1.46. The molecule has 0 saturated carbocycles. The number of fused-ring (bicyclic) bond motifs is 1. The number of H-pyrrole nitrogens is 1. The van der Waals surface area contributed by atoms with Crippen LogP contribution in [0.1, 0.15) is 18.9 Å². The van der Waals surface area contributed by atoms with Crippen LogP contribution in [0.15, 0.2) is 29.1 Å². The molecule has 2 aromatic rings. The summed E-state index contributed by atoms with van der Waals surface area (Å²) >= 11 is 0. The van der Waals surface area contributed by atoms with E-state index in [1.807, 2.05) is 28.8 Å². The lowest BCUT2D eigenvalue weighted by molar-refractivity contribution is -0.664. The number of aromatic nitrogens is 2.